The lowest BCUT2D eigenvalue weighted by molar-refractivity contribution is -0.168. The van der Waals surface area contributed by atoms with E-state index in [-0.39, 0.29) is 6.61 Å². The zero-order chi connectivity index (χ0) is 13.4. The van der Waals surface area contributed by atoms with Crippen molar-refractivity contribution in [2.75, 3.05) is 13.2 Å². The molecular weight excluding hydrogens is 232 g/mol. The largest absolute Gasteiger partial charge is 0.479 e. The normalized spacial score (nSPS) is 28.9. The van der Waals surface area contributed by atoms with Crippen LogP contribution in [0.1, 0.15) is 58.3 Å². The first-order valence-electron chi connectivity index (χ1n) is 7.13. The summed E-state index contributed by atoms with van der Waals surface area (Å²) in [7, 11) is 0. The second-order valence-electron chi connectivity index (χ2n) is 5.31. The summed E-state index contributed by atoms with van der Waals surface area (Å²) in [6.07, 6.45) is 7.06. The molecule has 4 nitrogen and oxygen atoms in total. The standard InChI is InChI=1S/C14H26O4/c1-2-5-12-6-3-8-14(9-7-12,13(16)17)18-11-4-10-15/h12,15H,2-11H2,1H3,(H,16,17). The Hall–Kier alpha value is -0.610. The number of carboxylic acids is 1. The van der Waals surface area contributed by atoms with Crippen molar-refractivity contribution in [1.82, 2.24) is 0 Å². The molecule has 0 aromatic heterocycles. The Balaban J connectivity index is 2.58. The number of aliphatic hydroxyl groups is 1. The smallest absolute Gasteiger partial charge is 0.335 e. The fourth-order valence-electron chi connectivity index (χ4n) is 2.83. The second kappa shape index (κ2) is 7.74. The van der Waals surface area contributed by atoms with Crippen LogP contribution in [0, 0.1) is 5.92 Å². The molecule has 2 N–H and O–H groups in total. The Kier molecular flexibility index (Phi) is 6.65. The van der Waals surface area contributed by atoms with E-state index in [2.05, 4.69) is 6.92 Å². The van der Waals surface area contributed by atoms with E-state index < -0.39 is 11.6 Å². The first-order valence-corrected chi connectivity index (χ1v) is 7.13. The highest BCUT2D eigenvalue weighted by atomic mass is 16.5. The molecule has 0 amide bonds. The molecule has 1 rings (SSSR count). The van der Waals surface area contributed by atoms with E-state index in [1.165, 1.54) is 6.42 Å². The highest BCUT2D eigenvalue weighted by Crippen LogP contribution is 2.35. The number of rotatable bonds is 7. The van der Waals surface area contributed by atoms with Crippen molar-refractivity contribution in [3.8, 4) is 0 Å². The molecule has 0 aromatic carbocycles. The van der Waals surface area contributed by atoms with Gasteiger partial charge in [0.15, 0.2) is 5.60 Å². The number of aliphatic carboxylic acids is 1. The van der Waals surface area contributed by atoms with Gasteiger partial charge in [0.05, 0.1) is 6.61 Å². The van der Waals surface area contributed by atoms with Crippen LogP contribution >= 0.6 is 0 Å². The third-order valence-electron chi connectivity index (χ3n) is 3.92. The maximum Gasteiger partial charge on any atom is 0.335 e. The van der Waals surface area contributed by atoms with Crippen molar-refractivity contribution in [3.63, 3.8) is 0 Å². The SMILES string of the molecule is CCCC1CCCC(OCCCO)(C(=O)O)CC1. The van der Waals surface area contributed by atoms with Gasteiger partial charge in [0.25, 0.3) is 0 Å². The molecule has 2 atom stereocenters. The van der Waals surface area contributed by atoms with Crippen LogP contribution in [0.25, 0.3) is 0 Å². The maximum atomic E-state index is 11.5. The molecule has 2 unspecified atom stereocenters. The van der Waals surface area contributed by atoms with E-state index in [0.717, 1.165) is 25.7 Å². The summed E-state index contributed by atoms with van der Waals surface area (Å²) in [4.78, 5) is 11.5. The van der Waals surface area contributed by atoms with Gasteiger partial charge in [-0.2, -0.15) is 0 Å². The zero-order valence-corrected chi connectivity index (χ0v) is 11.4. The highest BCUT2D eigenvalue weighted by Gasteiger charge is 2.40. The quantitative estimate of drug-likeness (QED) is 0.544. The molecule has 1 aliphatic carbocycles. The predicted molar refractivity (Wildman–Crippen MR) is 69.5 cm³/mol. The summed E-state index contributed by atoms with van der Waals surface area (Å²) in [5.41, 5.74) is -1.00. The van der Waals surface area contributed by atoms with E-state index in [9.17, 15) is 9.90 Å². The molecule has 1 aliphatic rings. The molecule has 0 aromatic rings. The van der Waals surface area contributed by atoms with Crippen LogP contribution in [-0.2, 0) is 9.53 Å². The van der Waals surface area contributed by atoms with E-state index in [0.29, 0.717) is 31.8 Å². The molecule has 0 spiro atoms. The van der Waals surface area contributed by atoms with Crippen LogP contribution in [-0.4, -0.2) is 35.0 Å². The van der Waals surface area contributed by atoms with Crippen molar-refractivity contribution in [1.29, 1.82) is 0 Å². The summed E-state index contributed by atoms with van der Waals surface area (Å²) in [5.74, 6) is -0.185. The van der Waals surface area contributed by atoms with Crippen molar-refractivity contribution in [2.24, 2.45) is 5.92 Å². The monoisotopic (exact) mass is 258 g/mol. The third kappa shape index (κ3) is 4.25. The van der Waals surface area contributed by atoms with Gasteiger partial charge in [0.1, 0.15) is 0 Å². The van der Waals surface area contributed by atoms with Crippen molar-refractivity contribution < 1.29 is 19.7 Å². The fraction of sp³-hybridized carbons (Fsp3) is 0.929. The first-order chi connectivity index (χ1) is 8.64. The van der Waals surface area contributed by atoms with Gasteiger partial charge < -0.3 is 14.9 Å². The highest BCUT2D eigenvalue weighted by molar-refractivity contribution is 5.77. The Labute approximate surface area is 109 Å². The molecule has 0 saturated heterocycles. The van der Waals surface area contributed by atoms with E-state index in [1.54, 1.807) is 0 Å². The van der Waals surface area contributed by atoms with Gasteiger partial charge in [-0.1, -0.05) is 26.2 Å². The Bertz CT molecular complexity index is 254. The van der Waals surface area contributed by atoms with Gasteiger partial charge in [-0.15, -0.1) is 0 Å². The maximum absolute atomic E-state index is 11.5. The van der Waals surface area contributed by atoms with Gasteiger partial charge in [0.2, 0.25) is 0 Å². The Morgan fingerprint density at radius 3 is 2.78 bits per heavy atom. The summed E-state index contributed by atoms with van der Waals surface area (Å²) in [6.45, 7) is 2.56. The number of hydrogen-bond donors (Lipinski definition) is 2. The van der Waals surface area contributed by atoms with Crippen LogP contribution in [0.3, 0.4) is 0 Å². The number of ether oxygens (including phenoxy) is 1. The average Bonchev–Trinajstić information content (AvgIpc) is 2.54. The molecule has 4 heteroatoms. The van der Waals surface area contributed by atoms with Crippen LogP contribution in [0.5, 0.6) is 0 Å². The second-order valence-corrected chi connectivity index (χ2v) is 5.31. The molecular formula is C14H26O4. The first kappa shape index (κ1) is 15.4. The van der Waals surface area contributed by atoms with Gasteiger partial charge >= 0.3 is 5.97 Å². The van der Waals surface area contributed by atoms with Gasteiger partial charge in [0, 0.05) is 6.61 Å². The average molecular weight is 258 g/mol. The van der Waals surface area contributed by atoms with Gasteiger partial charge in [-0.25, -0.2) is 4.79 Å². The van der Waals surface area contributed by atoms with Gasteiger partial charge in [-0.05, 0) is 38.0 Å². The summed E-state index contributed by atoms with van der Waals surface area (Å²) in [5, 5.41) is 18.2. The molecule has 18 heavy (non-hydrogen) atoms. The van der Waals surface area contributed by atoms with E-state index in [1.807, 2.05) is 0 Å². The van der Waals surface area contributed by atoms with Crippen LogP contribution in [0.4, 0.5) is 0 Å². The molecule has 1 saturated carbocycles. The van der Waals surface area contributed by atoms with Crippen LogP contribution in [0.2, 0.25) is 0 Å². The fourth-order valence-corrected chi connectivity index (χ4v) is 2.83. The lowest BCUT2D eigenvalue weighted by atomic mass is 9.92. The Morgan fingerprint density at radius 1 is 1.39 bits per heavy atom. The number of carboxylic acid groups (broad SMARTS) is 1. The summed E-state index contributed by atoms with van der Waals surface area (Å²) in [6, 6.07) is 0. The van der Waals surface area contributed by atoms with Crippen molar-refractivity contribution in [3.05, 3.63) is 0 Å². The minimum atomic E-state index is -1.00. The third-order valence-corrected chi connectivity index (χ3v) is 3.92. The minimum Gasteiger partial charge on any atom is -0.479 e. The summed E-state index contributed by atoms with van der Waals surface area (Å²) < 4.78 is 5.62. The number of aliphatic hydroxyl groups excluding tert-OH is 1. The van der Waals surface area contributed by atoms with Crippen molar-refractivity contribution in [2.45, 2.75) is 63.9 Å². The molecule has 1 fully saturated rings. The summed E-state index contributed by atoms with van der Waals surface area (Å²) >= 11 is 0. The van der Waals surface area contributed by atoms with E-state index >= 15 is 0 Å². The number of carbonyl (C=O) groups is 1. The molecule has 0 heterocycles. The lowest BCUT2D eigenvalue weighted by Gasteiger charge is -2.28. The molecule has 0 radical (unpaired) electrons. The molecule has 0 aliphatic heterocycles. The predicted octanol–water partition coefficient (Wildman–Crippen LogP) is 2.59. The van der Waals surface area contributed by atoms with Crippen molar-refractivity contribution >= 4 is 5.97 Å². The molecule has 0 bridgehead atoms. The molecule has 106 valence electrons. The van der Waals surface area contributed by atoms with Gasteiger partial charge in [-0.3, -0.25) is 0 Å². The van der Waals surface area contributed by atoms with Crippen LogP contribution in [0.15, 0.2) is 0 Å². The van der Waals surface area contributed by atoms with E-state index in [4.69, 9.17) is 9.84 Å². The number of hydrogen-bond acceptors (Lipinski definition) is 3. The lowest BCUT2D eigenvalue weighted by Crippen LogP contribution is -2.41. The minimum absolute atomic E-state index is 0.0498. The topological polar surface area (TPSA) is 66.8 Å². The Morgan fingerprint density at radius 2 is 2.17 bits per heavy atom. The van der Waals surface area contributed by atoms with Crippen LogP contribution < -0.4 is 0 Å². The zero-order valence-electron chi connectivity index (χ0n) is 11.4.